The molecule has 5 nitrogen and oxygen atoms in total. The van der Waals surface area contributed by atoms with Crippen molar-refractivity contribution in [3.8, 4) is 16.9 Å². The summed E-state index contributed by atoms with van der Waals surface area (Å²) in [5.41, 5.74) is 4.81. The molecule has 0 aliphatic rings. The van der Waals surface area contributed by atoms with Gasteiger partial charge in [0.1, 0.15) is 11.6 Å². The zero-order chi connectivity index (χ0) is 17.1. The normalized spacial score (nSPS) is 11.0. The van der Waals surface area contributed by atoms with Gasteiger partial charge in [0.15, 0.2) is 5.65 Å². The van der Waals surface area contributed by atoms with E-state index in [2.05, 4.69) is 18.3 Å². The number of aryl methyl sites for hydroxylation is 2. The Morgan fingerprint density at radius 2 is 2.00 bits per heavy atom. The predicted octanol–water partition coefficient (Wildman–Crippen LogP) is 4.23. The molecular formula is C19H24N4O. The van der Waals surface area contributed by atoms with Gasteiger partial charge in [-0.1, -0.05) is 31.5 Å². The molecule has 1 aromatic carbocycles. The van der Waals surface area contributed by atoms with Gasteiger partial charge in [-0.3, -0.25) is 0 Å². The van der Waals surface area contributed by atoms with E-state index in [1.807, 2.05) is 42.6 Å². The summed E-state index contributed by atoms with van der Waals surface area (Å²) in [4.78, 5) is 4.74. The van der Waals surface area contributed by atoms with E-state index < -0.39 is 0 Å². The van der Waals surface area contributed by atoms with Crippen molar-refractivity contribution in [2.24, 2.45) is 0 Å². The summed E-state index contributed by atoms with van der Waals surface area (Å²) in [6.45, 7) is 7.14. The highest BCUT2D eigenvalue weighted by Crippen LogP contribution is 2.35. The number of benzene rings is 1. The van der Waals surface area contributed by atoms with Crippen LogP contribution in [0.3, 0.4) is 0 Å². The van der Waals surface area contributed by atoms with Crippen LogP contribution >= 0.6 is 0 Å². The molecule has 0 saturated heterocycles. The first-order chi connectivity index (χ1) is 11.7. The van der Waals surface area contributed by atoms with Gasteiger partial charge in [-0.05, 0) is 26.3 Å². The Kier molecular flexibility index (Phi) is 4.69. The van der Waals surface area contributed by atoms with Gasteiger partial charge in [0.25, 0.3) is 0 Å². The molecule has 5 heteroatoms. The zero-order valence-electron chi connectivity index (χ0n) is 14.8. The van der Waals surface area contributed by atoms with Gasteiger partial charge in [0.2, 0.25) is 0 Å². The Bertz CT molecular complexity index is 854. The fraction of sp³-hybridized carbons (Fsp3) is 0.368. The molecule has 2 aromatic heterocycles. The summed E-state index contributed by atoms with van der Waals surface area (Å²) >= 11 is 0. The number of para-hydroxylation sites is 1. The number of hydrogen-bond donors (Lipinski definition) is 1. The minimum Gasteiger partial charge on any atom is -0.496 e. The molecule has 0 radical (unpaired) electrons. The number of ether oxygens (including phenoxy) is 1. The standard InChI is InChI=1S/C19H24N4O/c1-5-6-11-20-17-12-13(2)21-19-18(14(3)22-23(17)19)15-9-7-8-10-16(15)24-4/h7-10,12,20H,5-6,11H2,1-4H3. The highest BCUT2D eigenvalue weighted by atomic mass is 16.5. The zero-order valence-corrected chi connectivity index (χ0v) is 14.8. The monoisotopic (exact) mass is 324 g/mol. The SMILES string of the molecule is CCCCNc1cc(C)nc2c(-c3ccccc3OC)c(C)nn12. The average molecular weight is 324 g/mol. The lowest BCUT2D eigenvalue weighted by molar-refractivity contribution is 0.416. The number of methoxy groups -OCH3 is 1. The lowest BCUT2D eigenvalue weighted by Gasteiger charge is -2.10. The minimum atomic E-state index is 0.833. The quantitative estimate of drug-likeness (QED) is 0.689. The highest BCUT2D eigenvalue weighted by molar-refractivity contribution is 5.84. The second kappa shape index (κ2) is 6.91. The number of hydrogen-bond acceptors (Lipinski definition) is 4. The van der Waals surface area contributed by atoms with Gasteiger partial charge in [0.05, 0.1) is 18.4 Å². The van der Waals surface area contributed by atoms with Crippen molar-refractivity contribution in [1.82, 2.24) is 14.6 Å². The van der Waals surface area contributed by atoms with Gasteiger partial charge in [-0.25, -0.2) is 4.98 Å². The molecule has 0 unspecified atom stereocenters. The Hall–Kier alpha value is -2.56. The third kappa shape index (κ3) is 2.94. The lowest BCUT2D eigenvalue weighted by atomic mass is 10.1. The second-order valence-electron chi connectivity index (χ2n) is 5.96. The number of fused-ring (bicyclic) bond motifs is 1. The summed E-state index contributed by atoms with van der Waals surface area (Å²) in [5, 5.41) is 8.20. The minimum absolute atomic E-state index is 0.833. The van der Waals surface area contributed by atoms with Crippen LogP contribution in [0.25, 0.3) is 16.8 Å². The topological polar surface area (TPSA) is 51.5 Å². The molecule has 126 valence electrons. The average Bonchev–Trinajstić information content (AvgIpc) is 2.91. The van der Waals surface area contributed by atoms with Crippen LogP contribution in [0.4, 0.5) is 5.82 Å². The van der Waals surface area contributed by atoms with E-state index in [-0.39, 0.29) is 0 Å². The van der Waals surface area contributed by atoms with E-state index in [1.54, 1.807) is 7.11 Å². The molecule has 0 saturated carbocycles. The van der Waals surface area contributed by atoms with E-state index in [9.17, 15) is 0 Å². The summed E-state index contributed by atoms with van der Waals surface area (Å²) in [6.07, 6.45) is 2.29. The van der Waals surface area contributed by atoms with E-state index in [0.29, 0.717) is 0 Å². The van der Waals surface area contributed by atoms with Gasteiger partial charge in [0, 0.05) is 23.9 Å². The lowest BCUT2D eigenvalue weighted by Crippen LogP contribution is -2.08. The molecule has 24 heavy (non-hydrogen) atoms. The Morgan fingerprint density at radius 1 is 1.21 bits per heavy atom. The van der Waals surface area contributed by atoms with Gasteiger partial charge >= 0.3 is 0 Å². The van der Waals surface area contributed by atoms with Crippen LogP contribution in [-0.2, 0) is 0 Å². The second-order valence-corrected chi connectivity index (χ2v) is 5.96. The number of aromatic nitrogens is 3. The largest absolute Gasteiger partial charge is 0.496 e. The first kappa shape index (κ1) is 16.3. The van der Waals surface area contributed by atoms with E-state index in [4.69, 9.17) is 14.8 Å². The van der Waals surface area contributed by atoms with Gasteiger partial charge in [-0.15, -0.1) is 0 Å². The highest BCUT2D eigenvalue weighted by Gasteiger charge is 2.18. The van der Waals surface area contributed by atoms with Gasteiger partial charge in [-0.2, -0.15) is 9.61 Å². The summed E-state index contributed by atoms with van der Waals surface area (Å²) < 4.78 is 7.44. The van der Waals surface area contributed by atoms with Crippen LogP contribution in [0.5, 0.6) is 5.75 Å². The van der Waals surface area contributed by atoms with E-state index >= 15 is 0 Å². The Balaban J connectivity index is 2.18. The van der Waals surface area contributed by atoms with E-state index in [1.165, 1.54) is 0 Å². The summed E-state index contributed by atoms with van der Waals surface area (Å²) in [7, 11) is 1.69. The number of rotatable bonds is 6. The fourth-order valence-corrected chi connectivity index (χ4v) is 2.93. The fourth-order valence-electron chi connectivity index (χ4n) is 2.93. The maximum atomic E-state index is 5.53. The van der Waals surface area contributed by atoms with Crippen molar-refractivity contribution < 1.29 is 4.74 Å². The first-order valence-corrected chi connectivity index (χ1v) is 8.40. The number of unbranched alkanes of at least 4 members (excludes halogenated alkanes) is 1. The summed E-state index contributed by atoms with van der Waals surface area (Å²) in [6, 6.07) is 10.0. The van der Waals surface area contributed by atoms with Crippen LogP contribution < -0.4 is 10.1 Å². The third-order valence-corrected chi connectivity index (χ3v) is 4.10. The molecule has 3 aromatic rings. The number of nitrogens with one attached hydrogen (secondary N) is 1. The van der Waals surface area contributed by atoms with Crippen LogP contribution in [0.15, 0.2) is 30.3 Å². The molecule has 3 rings (SSSR count). The Labute approximate surface area is 142 Å². The maximum Gasteiger partial charge on any atom is 0.165 e. The molecule has 0 fully saturated rings. The molecule has 0 atom stereocenters. The predicted molar refractivity (Wildman–Crippen MR) is 97.8 cm³/mol. The molecule has 0 amide bonds. The maximum absolute atomic E-state index is 5.53. The van der Waals surface area contributed by atoms with Crippen molar-refractivity contribution in [3.63, 3.8) is 0 Å². The van der Waals surface area contributed by atoms with Crippen molar-refractivity contribution in [2.45, 2.75) is 33.6 Å². The smallest absolute Gasteiger partial charge is 0.165 e. The molecule has 0 aliphatic heterocycles. The number of anilines is 1. The first-order valence-electron chi connectivity index (χ1n) is 8.40. The van der Waals surface area contributed by atoms with E-state index in [0.717, 1.165) is 59.1 Å². The van der Waals surface area contributed by atoms with Crippen LogP contribution in [-0.4, -0.2) is 28.3 Å². The molecule has 1 N–H and O–H groups in total. The number of nitrogens with zero attached hydrogens (tertiary/aromatic N) is 3. The molecule has 0 bridgehead atoms. The van der Waals surface area contributed by atoms with Crippen molar-refractivity contribution >= 4 is 11.5 Å². The molecular weight excluding hydrogens is 300 g/mol. The van der Waals surface area contributed by atoms with Gasteiger partial charge < -0.3 is 10.1 Å². The summed E-state index contributed by atoms with van der Waals surface area (Å²) in [5.74, 6) is 1.81. The van der Waals surface area contributed by atoms with Crippen molar-refractivity contribution in [1.29, 1.82) is 0 Å². The third-order valence-electron chi connectivity index (χ3n) is 4.10. The molecule has 2 heterocycles. The Morgan fingerprint density at radius 3 is 2.75 bits per heavy atom. The van der Waals surface area contributed by atoms with Crippen LogP contribution in [0, 0.1) is 13.8 Å². The van der Waals surface area contributed by atoms with Crippen molar-refractivity contribution in [2.75, 3.05) is 19.0 Å². The van der Waals surface area contributed by atoms with Crippen LogP contribution in [0.2, 0.25) is 0 Å². The molecule has 0 aliphatic carbocycles. The molecule has 0 spiro atoms. The van der Waals surface area contributed by atoms with Crippen molar-refractivity contribution in [3.05, 3.63) is 41.7 Å². The van der Waals surface area contributed by atoms with Crippen LogP contribution in [0.1, 0.15) is 31.2 Å².